The Morgan fingerprint density at radius 1 is 1.12 bits per heavy atom. The highest BCUT2D eigenvalue weighted by molar-refractivity contribution is 8.21. The van der Waals surface area contributed by atoms with Crippen molar-refractivity contribution < 1.29 is 9.72 Å². The smallest absolute Gasteiger partial charge is 0.269 e. The molecule has 26 heavy (non-hydrogen) atoms. The molecule has 1 fully saturated rings. The van der Waals surface area contributed by atoms with Crippen LogP contribution in [0.15, 0.2) is 58.8 Å². The lowest BCUT2D eigenvalue weighted by molar-refractivity contribution is -0.384. The van der Waals surface area contributed by atoms with Crippen molar-refractivity contribution in [1.29, 1.82) is 0 Å². The predicted molar refractivity (Wildman–Crippen MR) is 106 cm³/mol. The van der Waals surface area contributed by atoms with Crippen LogP contribution in [-0.2, 0) is 4.79 Å². The average molecular weight is 403 g/mol. The minimum Gasteiger partial charge on any atom is -0.284 e. The number of hydrogen-bond donors (Lipinski definition) is 0. The van der Waals surface area contributed by atoms with Gasteiger partial charge in [0.15, 0.2) is 0 Å². The molecule has 2 aliphatic heterocycles. The first-order valence-corrected chi connectivity index (χ1v) is 9.81. The summed E-state index contributed by atoms with van der Waals surface area (Å²) in [6, 6.07) is 13.6. The van der Waals surface area contributed by atoms with E-state index in [0.717, 1.165) is 16.8 Å². The number of fused-ring (bicyclic) bond motifs is 1. The van der Waals surface area contributed by atoms with Crippen molar-refractivity contribution in [2.24, 2.45) is 0 Å². The summed E-state index contributed by atoms with van der Waals surface area (Å²) < 4.78 is -0.0498. The summed E-state index contributed by atoms with van der Waals surface area (Å²) in [6.45, 7) is 0. The summed E-state index contributed by atoms with van der Waals surface area (Å²) in [5.41, 5.74) is 2.50. The summed E-state index contributed by atoms with van der Waals surface area (Å²) in [6.07, 6.45) is 1.86. The van der Waals surface area contributed by atoms with Crippen molar-refractivity contribution in [3.05, 3.63) is 85.1 Å². The minimum absolute atomic E-state index is 0.0296. The molecule has 1 atom stereocenters. The Kier molecular flexibility index (Phi) is 4.52. The van der Waals surface area contributed by atoms with Gasteiger partial charge < -0.3 is 0 Å². The highest BCUT2D eigenvalue weighted by Crippen LogP contribution is 2.51. The van der Waals surface area contributed by atoms with Crippen LogP contribution in [0.1, 0.15) is 11.1 Å². The molecule has 8 heteroatoms. The van der Waals surface area contributed by atoms with Gasteiger partial charge in [0.1, 0.15) is 4.71 Å². The SMILES string of the molecule is O=C1/C(=C\c2ccc(Cl)cc2)SC2SC=C(c3ccc([N+](=O)[O-])cc3)N12. The number of halogens is 1. The molecule has 0 saturated carbocycles. The highest BCUT2D eigenvalue weighted by Gasteiger charge is 2.42. The number of non-ortho nitro benzene ring substituents is 1. The van der Waals surface area contributed by atoms with Crippen LogP contribution in [0.4, 0.5) is 5.69 Å². The van der Waals surface area contributed by atoms with E-state index in [4.69, 9.17) is 11.6 Å². The maximum Gasteiger partial charge on any atom is 0.269 e. The maximum atomic E-state index is 12.9. The van der Waals surface area contributed by atoms with Gasteiger partial charge in [-0.2, -0.15) is 0 Å². The fourth-order valence-corrected chi connectivity index (χ4v) is 5.27. The Balaban J connectivity index is 1.60. The molecule has 0 aliphatic carbocycles. The van der Waals surface area contributed by atoms with E-state index >= 15 is 0 Å². The number of hydrogen-bond acceptors (Lipinski definition) is 5. The second-order valence-electron chi connectivity index (χ2n) is 5.60. The molecule has 1 unspecified atom stereocenters. The summed E-state index contributed by atoms with van der Waals surface area (Å²) in [4.78, 5) is 25.6. The van der Waals surface area contributed by atoms with Gasteiger partial charge in [-0.25, -0.2) is 0 Å². The lowest BCUT2D eigenvalue weighted by Gasteiger charge is -2.17. The van der Waals surface area contributed by atoms with Gasteiger partial charge in [0.05, 0.1) is 15.5 Å². The largest absolute Gasteiger partial charge is 0.284 e. The average Bonchev–Trinajstić information content (AvgIpc) is 3.18. The van der Waals surface area contributed by atoms with Crippen molar-refractivity contribution in [2.45, 2.75) is 4.71 Å². The number of rotatable bonds is 3. The Bertz CT molecular complexity index is 955. The molecule has 2 aliphatic rings. The number of nitro groups is 1. The normalized spacial score (nSPS) is 20.4. The lowest BCUT2D eigenvalue weighted by atomic mass is 10.1. The second kappa shape index (κ2) is 6.83. The van der Waals surface area contributed by atoms with Crippen LogP contribution in [0, 0.1) is 10.1 Å². The molecule has 0 radical (unpaired) electrons. The molecular weight excluding hydrogens is 392 g/mol. The Morgan fingerprint density at radius 2 is 1.81 bits per heavy atom. The first kappa shape index (κ1) is 17.2. The molecule has 0 bridgehead atoms. The number of amides is 1. The van der Waals surface area contributed by atoms with Crippen LogP contribution < -0.4 is 0 Å². The molecule has 2 heterocycles. The lowest BCUT2D eigenvalue weighted by Crippen LogP contribution is -2.25. The van der Waals surface area contributed by atoms with Crippen molar-refractivity contribution in [3.63, 3.8) is 0 Å². The predicted octanol–water partition coefficient (Wildman–Crippen LogP) is 5.19. The van der Waals surface area contributed by atoms with Crippen molar-refractivity contribution >= 4 is 58.5 Å². The van der Waals surface area contributed by atoms with E-state index in [0.29, 0.717) is 9.93 Å². The van der Waals surface area contributed by atoms with Crippen LogP contribution in [0.2, 0.25) is 5.02 Å². The highest BCUT2D eigenvalue weighted by atomic mass is 35.5. The second-order valence-corrected chi connectivity index (χ2v) is 8.41. The molecule has 5 nitrogen and oxygen atoms in total. The minimum atomic E-state index is -0.436. The number of carbonyl (C=O) groups excluding carboxylic acids is 1. The quantitative estimate of drug-likeness (QED) is 0.401. The molecule has 0 N–H and O–H groups in total. The van der Waals surface area contributed by atoms with Gasteiger partial charge >= 0.3 is 0 Å². The third-order valence-electron chi connectivity index (χ3n) is 3.97. The van der Waals surface area contributed by atoms with Crippen LogP contribution in [-0.4, -0.2) is 20.4 Å². The molecule has 0 aromatic heterocycles. The van der Waals surface area contributed by atoms with Gasteiger partial charge in [0.25, 0.3) is 11.6 Å². The third-order valence-corrected chi connectivity index (χ3v) is 6.60. The molecule has 4 rings (SSSR count). The topological polar surface area (TPSA) is 63.4 Å². The van der Waals surface area contributed by atoms with Crippen molar-refractivity contribution in [2.75, 3.05) is 0 Å². The van der Waals surface area contributed by atoms with Crippen LogP contribution in [0.3, 0.4) is 0 Å². The molecule has 0 spiro atoms. The van der Waals surface area contributed by atoms with Gasteiger partial charge in [-0.05, 0) is 46.9 Å². The first-order valence-electron chi connectivity index (χ1n) is 7.61. The van der Waals surface area contributed by atoms with E-state index in [9.17, 15) is 14.9 Å². The van der Waals surface area contributed by atoms with E-state index < -0.39 is 4.92 Å². The summed E-state index contributed by atoms with van der Waals surface area (Å²) in [7, 11) is 0. The van der Waals surface area contributed by atoms with Gasteiger partial charge in [-0.15, -0.1) is 0 Å². The number of thioether (sulfide) groups is 2. The fraction of sp³-hybridized carbons (Fsp3) is 0.0556. The van der Waals surface area contributed by atoms with Gasteiger partial charge in [-0.1, -0.05) is 47.3 Å². The van der Waals surface area contributed by atoms with Gasteiger partial charge in [0, 0.05) is 17.2 Å². The van der Waals surface area contributed by atoms with E-state index in [1.807, 2.05) is 23.6 Å². The monoisotopic (exact) mass is 402 g/mol. The molecule has 130 valence electrons. The maximum absolute atomic E-state index is 12.9. The summed E-state index contributed by atoms with van der Waals surface area (Å²) in [5.74, 6) is -0.0652. The number of benzene rings is 2. The van der Waals surface area contributed by atoms with E-state index in [2.05, 4.69) is 0 Å². The van der Waals surface area contributed by atoms with Crippen molar-refractivity contribution in [3.8, 4) is 0 Å². The molecule has 1 saturated heterocycles. The molecule has 2 aromatic rings. The molecule has 2 aromatic carbocycles. The van der Waals surface area contributed by atoms with Crippen LogP contribution in [0.5, 0.6) is 0 Å². The molecular formula is C18H11ClN2O3S2. The fourth-order valence-electron chi connectivity index (χ4n) is 2.68. The zero-order valence-electron chi connectivity index (χ0n) is 13.2. The zero-order chi connectivity index (χ0) is 18.3. The first-order chi connectivity index (χ1) is 12.5. The molecule has 1 amide bonds. The number of nitro benzene ring substituents is 1. The van der Waals surface area contributed by atoms with Crippen LogP contribution in [0.25, 0.3) is 11.8 Å². The number of carbonyl (C=O) groups is 1. The van der Waals surface area contributed by atoms with Crippen molar-refractivity contribution in [1.82, 2.24) is 4.90 Å². The van der Waals surface area contributed by atoms with Crippen LogP contribution >= 0.6 is 35.1 Å². The number of nitrogens with zero attached hydrogens (tertiary/aromatic N) is 2. The third kappa shape index (κ3) is 3.13. The standard InChI is InChI=1S/C18H11ClN2O3S2/c19-13-5-1-11(2-6-13)9-16-17(22)20-15(10-25-18(20)26-16)12-3-7-14(8-4-12)21(23)24/h1-10,18H/b16-9+. The Hall–Kier alpha value is -2.22. The van der Waals surface area contributed by atoms with Gasteiger partial charge in [-0.3, -0.25) is 19.8 Å². The summed E-state index contributed by atoms with van der Waals surface area (Å²) >= 11 is 8.96. The van der Waals surface area contributed by atoms with E-state index in [-0.39, 0.29) is 16.3 Å². The Morgan fingerprint density at radius 3 is 2.46 bits per heavy atom. The van der Waals surface area contributed by atoms with Gasteiger partial charge in [0.2, 0.25) is 0 Å². The Labute approximate surface area is 162 Å². The van der Waals surface area contributed by atoms with E-state index in [1.165, 1.54) is 23.9 Å². The zero-order valence-corrected chi connectivity index (χ0v) is 15.6. The van der Waals surface area contributed by atoms with E-state index in [1.54, 1.807) is 40.9 Å². The summed E-state index contributed by atoms with van der Waals surface area (Å²) in [5, 5.41) is 13.4.